The highest BCUT2D eigenvalue weighted by Crippen LogP contribution is 2.34. The topological polar surface area (TPSA) is 55.8 Å². The van der Waals surface area contributed by atoms with E-state index >= 15 is 0 Å². The second-order valence-electron chi connectivity index (χ2n) is 7.23. The zero-order chi connectivity index (χ0) is 20.3. The lowest BCUT2D eigenvalue weighted by molar-refractivity contribution is -0.180. The molecule has 150 valence electrons. The lowest BCUT2D eigenvalue weighted by Crippen LogP contribution is -2.69. The number of rotatable bonds is 7. The Morgan fingerprint density at radius 1 is 1.10 bits per heavy atom. The highest BCUT2D eigenvalue weighted by molar-refractivity contribution is 7.17. The van der Waals surface area contributed by atoms with Crippen LogP contribution >= 0.6 is 11.3 Å². The number of benzene rings is 2. The van der Waals surface area contributed by atoms with Crippen LogP contribution in [0.25, 0.3) is 10.1 Å². The van der Waals surface area contributed by atoms with E-state index in [0.717, 1.165) is 21.2 Å². The molecule has 0 radical (unpaired) electrons. The Labute approximate surface area is 173 Å². The number of hydrogen-bond acceptors (Lipinski definition) is 5. The average Bonchev–Trinajstić information content (AvgIpc) is 3.13. The lowest BCUT2D eigenvalue weighted by atomic mass is 9.84. The molecule has 0 saturated carbocycles. The first-order valence-electron chi connectivity index (χ1n) is 9.60. The summed E-state index contributed by atoms with van der Waals surface area (Å²) in [6.07, 6.45) is 0.812. The van der Waals surface area contributed by atoms with E-state index < -0.39 is 11.5 Å². The Morgan fingerprint density at radius 3 is 2.59 bits per heavy atom. The molecule has 1 fully saturated rings. The summed E-state index contributed by atoms with van der Waals surface area (Å²) >= 11 is 1.63. The van der Waals surface area contributed by atoms with Gasteiger partial charge < -0.3 is 14.4 Å². The zero-order valence-corrected chi connectivity index (χ0v) is 17.1. The minimum Gasteiger partial charge on any atom is -0.467 e. The van der Waals surface area contributed by atoms with Crippen LogP contribution in [0.2, 0.25) is 0 Å². The van der Waals surface area contributed by atoms with Gasteiger partial charge in [-0.25, -0.2) is 4.79 Å². The van der Waals surface area contributed by atoms with Crippen LogP contribution in [0.4, 0.5) is 0 Å². The van der Waals surface area contributed by atoms with Crippen molar-refractivity contribution < 1.29 is 19.1 Å². The number of carbonyl (C=O) groups is 2. The fourth-order valence-electron chi connectivity index (χ4n) is 3.81. The van der Waals surface area contributed by atoms with Crippen molar-refractivity contribution in [3.63, 3.8) is 0 Å². The smallest absolute Gasteiger partial charge is 0.334 e. The molecular weight excluding hydrogens is 386 g/mol. The van der Waals surface area contributed by atoms with Crippen LogP contribution < -0.4 is 0 Å². The monoisotopic (exact) mass is 409 g/mol. The minimum absolute atomic E-state index is 0.0754. The van der Waals surface area contributed by atoms with Crippen molar-refractivity contribution >= 4 is 33.3 Å². The number of methoxy groups -OCH3 is 1. The number of ether oxygens (including phenoxy) is 2. The van der Waals surface area contributed by atoms with Crippen molar-refractivity contribution in [2.75, 3.05) is 20.3 Å². The average molecular weight is 410 g/mol. The largest absolute Gasteiger partial charge is 0.467 e. The second kappa shape index (κ2) is 8.35. The maximum absolute atomic E-state index is 13.1. The van der Waals surface area contributed by atoms with E-state index in [2.05, 4.69) is 0 Å². The van der Waals surface area contributed by atoms with Crippen LogP contribution in [-0.4, -0.2) is 42.6 Å². The van der Waals surface area contributed by atoms with E-state index in [1.807, 2.05) is 60.0 Å². The van der Waals surface area contributed by atoms with Gasteiger partial charge in [0.2, 0.25) is 5.91 Å². The van der Waals surface area contributed by atoms with Gasteiger partial charge in [-0.15, -0.1) is 11.3 Å². The molecule has 2 heterocycles. The quantitative estimate of drug-likeness (QED) is 0.557. The fourth-order valence-corrected chi connectivity index (χ4v) is 4.77. The number of likely N-dealkylation sites (tertiary alicyclic amines) is 1. The highest BCUT2D eigenvalue weighted by Gasteiger charge is 2.54. The van der Waals surface area contributed by atoms with Crippen LogP contribution in [0.1, 0.15) is 17.5 Å². The zero-order valence-electron chi connectivity index (χ0n) is 16.3. The number of fused-ring (bicyclic) bond motifs is 1. The molecule has 0 aliphatic carbocycles. The molecule has 1 amide bonds. The number of esters is 1. The summed E-state index contributed by atoms with van der Waals surface area (Å²) < 4.78 is 12.0. The Balaban J connectivity index is 1.47. The SMILES string of the molecule is COC(=O)C1(COCc2ccccc2)CCN1C(=O)Cc1csc2ccccc12. The summed E-state index contributed by atoms with van der Waals surface area (Å²) in [4.78, 5) is 27.3. The first-order chi connectivity index (χ1) is 14.1. The molecule has 0 spiro atoms. The van der Waals surface area contributed by atoms with Crippen molar-refractivity contribution in [1.82, 2.24) is 4.90 Å². The number of nitrogens with zero attached hydrogens (tertiary/aromatic N) is 1. The van der Waals surface area contributed by atoms with Crippen molar-refractivity contribution in [3.8, 4) is 0 Å². The van der Waals surface area contributed by atoms with E-state index in [4.69, 9.17) is 9.47 Å². The van der Waals surface area contributed by atoms with E-state index in [1.165, 1.54) is 7.11 Å². The fraction of sp³-hybridized carbons (Fsp3) is 0.304. The molecule has 0 bridgehead atoms. The van der Waals surface area contributed by atoms with Crippen LogP contribution in [0.5, 0.6) is 0 Å². The Hall–Kier alpha value is -2.70. The van der Waals surface area contributed by atoms with Crippen LogP contribution in [-0.2, 0) is 32.1 Å². The van der Waals surface area contributed by atoms with Gasteiger partial charge in [-0.2, -0.15) is 0 Å². The third kappa shape index (κ3) is 3.78. The predicted octanol–water partition coefficient (Wildman–Crippen LogP) is 3.80. The molecule has 6 heteroatoms. The van der Waals surface area contributed by atoms with E-state index in [1.54, 1.807) is 16.2 Å². The number of amides is 1. The molecular formula is C23H23NO4S. The molecule has 2 aromatic carbocycles. The van der Waals surface area contributed by atoms with Crippen molar-refractivity contribution in [3.05, 3.63) is 71.1 Å². The van der Waals surface area contributed by atoms with Gasteiger partial charge in [0.1, 0.15) is 0 Å². The molecule has 3 aromatic rings. The van der Waals surface area contributed by atoms with Gasteiger partial charge in [-0.05, 0) is 28.0 Å². The van der Waals surface area contributed by atoms with Gasteiger partial charge in [0, 0.05) is 17.7 Å². The third-order valence-corrected chi connectivity index (χ3v) is 6.50. The Kier molecular flexibility index (Phi) is 5.65. The molecule has 4 rings (SSSR count). The van der Waals surface area contributed by atoms with Gasteiger partial charge in [0.15, 0.2) is 5.54 Å². The lowest BCUT2D eigenvalue weighted by Gasteiger charge is -2.49. The summed E-state index contributed by atoms with van der Waals surface area (Å²) in [5, 5.41) is 3.11. The normalized spacial score (nSPS) is 18.4. The molecule has 1 saturated heterocycles. The Morgan fingerprint density at radius 2 is 1.86 bits per heavy atom. The molecule has 1 atom stereocenters. The summed E-state index contributed by atoms with van der Waals surface area (Å²) in [5.41, 5.74) is 0.979. The molecule has 5 nitrogen and oxygen atoms in total. The van der Waals surface area contributed by atoms with E-state index in [-0.39, 0.29) is 18.9 Å². The third-order valence-electron chi connectivity index (χ3n) is 5.49. The number of carbonyl (C=O) groups excluding carboxylic acids is 2. The van der Waals surface area contributed by atoms with Gasteiger partial charge in [0.05, 0.1) is 26.7 Å². The number of hydrogen-bond donors (Lipinski definition) is 0. The second-order valence-corrected chi connectivity index (χ2v) is 8.14. The van der Waals surface area contributed by atoms with Crippen LogP contribution in [0.15, 0.2) is 60.0 Å². The van der Waals surface area contributed by atoms with Gasteiger partial charge in [-0.3, -0.25) is 4.79 Å². The Bertz CT molecular complexity index is 1020. The first kappa shape index (κ1) is 19.6. The summed E-state index contributed by atoms with van der Waals surface area (Å²) in [6.45, 7) is 1.05. The van der Waals surface area contributed by atoms with Gasteiger partial charge in [-0.1, -0.05) is 48.5 Å². The predicted molar refractivity (Wildman–Crippen MR) is 113 cm³/mol. The van der Waals surface area contributed by atoms with Crippen molar-refractivity contribution in [1.29, 1.82) is 0 Å². The van der Waals surface area contributed by atoms with E-state index in [0.29, 0.717) is 19.6 Å². The molecule has 0 N–H and O–H groups in total. The summed E-state index contributed by atoms with van der Waals surface area (Å²) in [5.74, 6) is -0.492. The maximum atomic E-state index is 13.1. The summed E-state index contributed by atoms with van der Waals surface area (Å²) in [6, 6.07) is 17.8. The molecule has 1 aliphatic rings. The van der Waals surface area contributed by atoms with Crippen molar-refractivity contribution in [2.45, 2.75) is 25.0 Å². The van der Waals surface area contributed by atoms with Crippen LogP contribution in [0, 0.1) is 0 Å². The molecule has 29 heavy (non-hydrogen) atoms. The van der Waals surface area contributed by atoms with Crippen LogP contribution in [0.3, 0.4) is 0 Å². The highest BCUT2D eigenvalue weighted by atomic mass is 32.1. The molecule has 1 aliphatic heterocycles. The summed E-state index contributed by atoms with van der Waals surface area (Å²) in [7, 11) is 1.36. The standard InChI is InChI=1S/C23H23NO4S/c1-27-22(26)23(16-28-14-17-7-3-2-4-8-17)11-12-24(23)21(25)13-18-15-29-20-10-6-5-9-19(18)20/h2-10,15H,11-14,16H2,1H3. The number of thiophene rings is 1. The van der Waals surface area contributed by atoms with E-state index in [9.17, 15) is 9.59 Å². The first-order valence-corrected chi connectivity index (χ1v) is 10.5. The molecule has 1 aromatic heterocycles. The molecule has 1 unspecified atom stereocenters. The maximum Gasteiger partial charge on any atom is 0.334 e. The van der Waals surface area contributed by atoms with Gasteiger partial charge >= 0.3 is 5.97 Å². The minimum atomic E-state index is -1.04. The van der Waals surface area contributed by atoms with Gasteiger partial charge in [0.25, 0.3) is 0 Å². The van der Waals surface area contributed by atoms with Crippen molar-refractivity contribution in [2.24, 2.45) is 0 Å².